The first-order chi connectivity index (χ1) is 13.3. The fourth-order valence-corrected chi connectivity index (χ4v) is 2.62. The Kier molecular flexibility index (Phi) is 6.90. The first kappa shape index (κ1) is 19.0. The number of fused-ring (bicyclic) bond motifs is 1. The maximum atomic E-state index is 6.09. The quantitative estimate of drug-likeness (QED) is 0.355. The fourth-order valence-electron chi connectivity index (χ4n) is 2.62. The monoisotopic (exact) mass is 368 g/mol. The number of hydrogen-bond acceptors (Lipinski definition) is 5. The van der Waals surface area contributed by atoms with E-state index in [1.807, 2.05) is 74.5 Å². The van der Waals surface area contributed by atoms with Crippen LogP contribution in [0.3, 0.4) is 0 Å². The van der Waals surface area contributed by atoms with Crippen LogP contribution in [0.25, 0.3) is 10.8 Å². The van der Waals surface area contributed by atoms with Crippen molar-refractivity contribution in [2.45, 2.75) is 13.8 Å². The molecule has 0 saturated carbocycles. The molecule has 3 aromatic carbocycles. The third-order valence-corrected chi connectivity index (χ3v) is 3.89. The molecule has 27 heavy (non-hydrogen) atoms. The standard InChI is InChI=1S/C22H24O5/c1-3-23-15-25-20-14-21(27-17-10-6-5-7-11-17)22(26-16-24-4-2)19-13-9-8-12-18(19)20/h5-14H,3-4,15-16H2,1-2H3. The highest BCUT2D eigenvalue weighted by Gasteiger charge is 2.16. The summed E-state index contributed by atoms with van der Waals surface area (Å²) in [5.41, 5.74) is 0. The molecule has 0 aliphatic carbocycles. The van der Waals surface area contributed by atoms with E-state index in [1.54, 1.807) is 0 Å². The van der Waals surface area contributed by atoms with Crippen LogP contribution in [-0.4, -0.2) is 26.8 Å². The molecule has 0 aliphatic heterocycles. The molecule has 0 amide bonds. The number of rotatable bonds is 10. The zero-order chi connectivity index (χ0) is 18.9. The second-order valence-electron chi connectivity index (χ2n) is 5.67. The molecule has 0 spiro atoms. The molecule has 0 saturated heterocycles. The Balaban J connectivity index is 2.03. The molecule has 5 nitrogen and oxygen atoms in total. The molecule has 0 atom stereocenters. The molecule has 5 heteroatoms. The Morgan fingerprint density at radius 2 is 1.30 bits per heavy atom. The van der Waals surface area contributed by atoms with Crippen molar-refractivity contribution in [2.75, 3.05) is 26.8 Å². The van der Waals surface area contributed by atoms with Crippen LogP contribution < -0.4 is 14.2 Å². The van der Waals surface area contributed by atoms with Gasteiger partial charge in [0.1, 0.15) is 11.5 Å². The summed E-state index contributed by atoms with van der Waals surface area (Å²) >= 11 is 0. The summed E-state index contributed by atoms with van der Waals surface area (Å²) in [5, 5.41) is 1.81. The van der Waals surface area contributed by atoms with Crippen molar-refractivity contribution >= 4 is 10.8 Å². The van der Waals surface area contributed by atoms with Gasteiger partial charge in [0.2, 0.25) is 0 Å². The van der Waals surface area contributed by atoms with Crippen LogP contribution in [0.1, 0.15) is 13.8 Å². The molecule has 3 aromatic rings. The van der Waals surface area contributed by atoms with Crippen LogP contribution in [0.15, 0.2) is 60.7 Å². The number of benzene rings is 3. The zero-order valence-electron chi connectivity index (χ0n) is 15.6. The van der Waals surface area contributed by atoms with E-state index in [0.29, 0.717) is 36.2 Å². The summed E-state index contributed by atoms with van der Waals surface area (Å²) < 4.78 is 28.5. The number of hydrogen-bond donors (Lipinski definition) is 0. The van der Waals surface area contributed by atoms with Gasteiger partial charge in [0.15, 0.2) is 25.1 Å². The normalized spacial score (nSPS) is 10.7. The summed E-state index contributed by atoms with van der Waals surface area (Å²) in [4.78, 5) is 0. The Hall–Kier alpha value is -2.76. The minimum absolute atomic E-state index is 0.144. The van der Waals surface area contributed by atoms with Crippen molar-refractivity contribution in [3.8, 4) is 23.0 Å². The van der Waals surface area contributed by atoms with Crippen molar-refractivity contribution < 1.29 is 23.7 Å². The predicted octanol–water partition coefficient (Wildman–Crippen LogP) is 5.38. The molecular weight excluding hydrogens is 344 g/mol. The molecule has 0 N–H and O–H groups in total. The van der Waals surface area contributed by atoms with E-state index in [1.165, 1.54) is 0 Å². The molecule has 142 valence electrons. The average Bonchev–Trinajstić information content (AvgIpc) is 2.71. The second-order valence-corrected chi connectivity index (χ2v) is 5.67. The molecule has 0 aliphatic rings. The number of para-hydroxylation sites is 1. The van der Waals surface area contributed by atoms with Crippen LogP contribution >= 0.6 is 0 Å². The van der Waals surface area contributed by atoms with Crippen LogP contribution in [0.5, 0.6) is 23.0 Å². The van der Waals surface area contributed by atoms with Gasteiger partial charge in [-0.05, 0) is 26.0 Å². The van der Waals surface area contributed by atoms with E-state index in [9.17, 15) is 0 Å². The van der Waals surface area contributed by atoms with E-state index >= 15 is 0 Å². The van der Waals surface area contributed by atoms with E-state index in [-0.39, 0.29) is 13.6 Å². The lowest BCUT2D eigenvalue weighted by atomic mass is 10.1. The lowest BCUT2D eigenvalue weighted by Crippen LogP contribution is -2.06. The van der Waals surface area contributed by atoms with Crippen LogP contribution in [-0.2, 0) is 9.47 Å². The lowest BCUT2D eigenvalue weighted by molar-refractivity contribution is 0.0204. The highest BCUT2D eigenvalue weighted by molar-refractivity contribution is 5.95. The van der Waals surface area contributed by atoms with Gasteiger partial charge in [0, 0.05) is 30.1 Å². The first-order valence-corrected chi connectivity index (χ1v) is 9.03. The summed E-state index contributed by atoms with van der Waals surface area (Å²) in [7, 11) is 0. The fraction of sp³-hybridized carbons (Fsp3) is 0.273. The van der Waals surface area contributed by atoms with E-state index in [0.717, 1.165) is 10.8 Å². The van der Waals surface area contributed by atoms with Gasteiger partial charge in [-0.1, -0.05) is 42.5 Å². The Morgan fingerprint density at radius 1 is 0.667 bits per heavy atom. The zero-order valence-corrected chi connectivity index (χ0v) is 15.6. The van der Waals surface area contributed by atoms with Crippen LogP contribution in [0.2, 0.25) is 0 Å². The summed E-state index contributed by atoms with van der Waals surface area (Å²) in [6.45, 7) is 5.32. The van der Waals surface area contributed by atoms with Crippen LogP contribution in [0.4, 0.5) is 0 Å². The summed E-state index contributed by atoms with van der Waals surface area (Å²) in [5.74, 6) is 2.57. The van der Waals surface area contributed by atoms with Crippen LogP contribution in [0, 0.1) is 0 Å². The van der Waals surface area contributed by atoms with E-state index in [4.69, 9.17) is 23.7 Å². The van der Waals surface area contributed by atoms with Gasteiger partial charge in [-0.15, -0.1) is 0 Å². The predicted molar refractivity (Wildman–Crippen MR) is 105 cm³/mol. The number of ether oxygens (including phenoxy) is 5. The SMILES string of the molecule is CCOCOc1cc(Oc2ccccc2)c(OCOCC)c2ccccc12. The Bertz CT molecular complexity index is 848. The smallest absolute Gasteiger partial charge is 0.189 e. The van der Waals surface area contributed by atoms with E-state index < -0.39 is 0 Å². The lowest BCUT2D eigenvalue weighted by Gasteiger charge is -2.18. The third kappa shape index (κ3) is 4.90. The minimum Gasteiger partial charge on any atom is -0.467 e. The average molecular weight is 368 g/mol. The minimum atomic E-state index is 0.144. The van der Waals surface area contributed by atoms with Crippen molar-refractivity contribution in [2.24, 2.45) is 0 Å². The van der Waals surface area contributed by atoms with Gasteiger partial charge in [-0.3, -0.25) is 0 Å². The van der Waals surface area contributed by atoms with Crippen molar-refractivity contribution in [3.63, 3.8) is 0 Å². The molecule has 0 bridgehead atoms. The second kappa shape index (κ2) is 9.80. The highest BCUT2D eigenvalue weighted by Crippen LogP contribution is 2.43. The van der Waals surface area contributed by atoms with Gasteiger partial charge in [0.05, 0.1) is 0 Å². The first-order valence-electron chi connectivity index (χ1n) is 9.03. The van der Waals surface area contributed by atoms with E-state index in [2.05, 4.69) is 0 Å². The summed E-state index contributed by atoms with van der Waals surface area (Å²) in [6.07, 6.45) is 0. The maximum Gasteiger partial charge on any atom is 0.189 e. The van der Waals surface area contributed by atoms with Crippen molar-refractivity contribution in [1.29, 1.82) is 0 Å². The third-order valence-electron chi connectivity index (χ3n) is 3.89. The molecule has 0 aromatic heterocycles. The molecule has 0 unspecified atom stereocenters. The summed E-state index contributed by atoms with van der Waals surface area (Å²) in [6, 6.07) is 19.3. The molecule has 3 rings (SSSR count). The Labute approximate surface area is 159 Å². The van der Waals surface area contributed by atoms with Gasteiger partial charge in [-0.2, -0.15) is 0 Å². The largest absolute Gasteiger partial charge is 0.467 e. The molecule has 0 heterocycles. The molecule has 0 radical (unpaired) electrons. The highest BCUT2D eigenvalue weighted by atomic mass is 16.7. The van der Waals surface area contributed by atoms with Gasteiger partial charge < -0.3 is 23.7 Å². The molecular formula is C22H24O5. The van der Waals surface area contributed by atoms with Gasteiger partial charge in [-0.25, -0.2) is 0 Å². The van der Waals surface area contributed by atoms with Crippen molar-refractivity contribution in [3.05, 3.63) is 60.7 Å². The topological polar surface area (TPSA) is 46.2 Å². The van der Waals surface area contributed by atoms with Gasteiger partial charge in [0.25, 0.3) is 0 Å². The maximum absolute atomic E-state index is 6.09. The van der Waals surface area contributed by atoms with Crippen molar-refractivity contribution in [1.82, 2.24) is 0 Å². The Morgan fingerprint density at radius 3 is 2.00 bits per heavy atom. The molecule has 0 fully saturated rings. The van der Waals surface area contributed by atoms with Gasteiger partial charge >= 0.3 is 0 Å².